The van der Waals surface area contributed by atoms with Crippen molar-refractivity contribution in [1.82, 2.24) is 9.38 Å². The van der Waals surface area contributed by atoms with E-state index in [1.807, 2.05) is 47.0 Å². The molecular formula is C15H16N4O. The summed E-state index contributed by atoms with van der Waals surface area (Å²) >= 11 is 0. The molecule has 0 spiro atoms. The van der Waals surface area contributed by atoms with Gasteiger partial charge in [0.15, 0.2) is 0 Å². The van der Waals surface area contributed by atoms with Gasteiger partial charge < -0.3 is 15.8 Å². The minimum absolute atomic E-state index is 0.630. The van der Waals surface area contributed by atoms with E-state index in [9.17, 15) is 0 Å². The largest absolute Gasteiger partial charge is 0.496 e. The summed E-state index contributed by atoms with van der Waals surface area (Å²) in [6.45, 7) is 0.630. The van der Waals surface area contributed by atoms with Crippen LogP contribution in [0.25, 0.3) is 5.65 Å². The van der Waals surface area contributed by atoms with Crippen LogP contribution < -0.4 is 15.8 Å². The summed E-state index contributed by atoms with van der Waals surface area (Å²) in [5.41, 5.74) is 8.48. The Hall–Kier alpha value is -2.69. The van der Waals surface area contributed by atoms with E-state index in [0.717, 1.165) is 28.5 Å². The number of benzene rings is 1. The molecule has 0 atom stereocenters. The minimum atomic E-state index is 0.630. The third-order valence-corrected chi connectivity index (χ3v) is 3.19. The van der Waals surface area contributed by atoms with Gasteiger partial charge in [-0.25, -0.2) is 4.98 Å². The molecule has 0 saturated carbocycles. The molecule has 0 aliphatic heterocycles. The number of nitrogens with two attached hydrogens (primary N) is 1. The van der Waals surface area contributed by atoms with Gasteiger partial charge in [0.05, 0.1) is 7.11 Å². The topological polar surface area (TPSA) is 64.6 Å². The van der Waals surface area contributed by atoms with Crippen molar-refractivity contribution in [1.29, 1.82) is 0 Å². The van der Waals surface area contributed by atoms with E-state index in [-0.39, 0.29) is 0 Å². The van der Waals surface area contributed by atoms with Crippen LogP contribution in [0.3, 0.4) is 0 Å². The highest BCUT2D eigenvalue weighted by molar-refractivity contribution is 5.52. The number of hydrogen-bond donors (Lipinski definition) is 2. The molecule has 3 rings (SSSR count). The van der Waals surface area contributed by atoms with E-state index in [1.54, 1.807) is 13.3 Å². The number of nitrogens with one attached hydrogen (secondary N) is 1. The smallest absolute Gasteiger partial charge is 0.138 e. The lowest BCUT2D eigenvalue weighted by Gasteiger charge is -2.12. The second-order valence-corrected chi connectivity index (χ2v) is 4.49. The first-order chi connectivity index (χ1) is 9.78. The second-order valence-electron chi connectivity index (χ2n) is 4.49. The fraction of sp³-hybridized carbons (Fsp3) is 0.133. The van der Waals surface area contributed by atoms with E-state index in [2.05, 4.69) is 10.3 Å². The number of imidazole rings is 1. The van der Waals surface area contributed by atoms with E-state index < -0.39 is 0 Å². The first kappa shape index (κ1) is 12.3. The Morgan fingerprint density at radius 1 is 1.30 bits per heavy atom. The van der Waals surface area contributed by atoms with Crippen LogP contribution in [0.2, 0.25) is 0 Å². The van der Waals surface area contributed by atoms with Crippen LogP contribution in [0, 0.1) is 0 Å². The van der Waals surface area contributed by atoms with Crippen LogP contribution in [0.15, 0.2) is 48.8 Å². The number of aromatic nitrogens is 2. The molecule has 0 radical (unpaired) electrons. The molecule has 1 aromatic carbocycles. The van der Waals surface area contributed by atoms with Gasteiger partial charge in [-0.3, -0.25) is 4.40 Å². The molecule has 0 saturated heterocycles. The zero-order valence-electron chi connectivity index (χ0n) is 11.2. The average Bonchev–Trinajstić information content (AvgIpc) is 2.94. The molecule has 0 bridgehead atoms. The number of methoxy groups -OCH3 is 1. The van der Waals surface area contributed by atoms with Crippen LogP contribution in [0.1, 0.15) is 5.56 Å². The van der Waals surface area contributed by atoms with E-state index in [1.165, 1.54) is 0 Å². The Morgan fingerprint density at radius 3 is 3.05 bits per heavy atom. The summed E-state index contributed by atoms with van der Waals surface area (Å²) in [6, 6.07) is 11.6. The fourth-order valence-corrected chi connectivity index (χ4v) is 2.21. The maximum absolute atomic E-state index is 5.83. The zero-order valence-corrected chi connectivity index (χ0v) is 11.2. The van der Waals surface area contributed by atoms with Crippen molar-refractivity contribution in [3.8, 4) is 5.75 Å². The van der Waals surface area contributed by atoms with Crippen molar-refractivity contribution in [2.45, 2.75) is 6.54 Å². The number of ether oxygens (including phenoxy) is 1. The summed E-state index contributed by atoms with van der Waals surface area (Å²) in [4.78, 5) is 4.26. The number of rotatable bonds is 4. The van der Waals surface area contributed by atoms with Crippen LogP contribution in [-0.2, 0) is 6.54 Å². The predicted molar refractivity (Wildman–Crippen MR) is 79.9 cm³/mol. The molecule has 0 fully saturated rings. The van der Waals surface area contributed by atoms with Crippen molar-refractivity contribution in [3.63, 3.8) is 0 Å². The first-order valence-electron chi connectivity index (χ1n) is 6.36. The second kappa shape index (κ2) is 5.13. The number of anilines is 2. The summed E-state index contributed by atoms with van der Waals surface area (Å²) < 4.78 is 7.35. The van der Waals surface area contributed by atoms with Crippen molar-refractivity contribution in [2.24, 2.45) is 0 Å². The zero-order chi connectivity index (χ0) is 13.9. The van der Waals surface area contributed by atoms with Crippen LogP contribution in [0.4, 0.5) is 11.5 Å². The predicted octanol–water partition coefficient (Wildman–Crippen LogP) is 2.54. The molecule has 5 heteroatoms. The van der Waals surface area contributed by atoms with Gasteiger partial charge in [-0.1, -0.05) is 6.07 Å². The summed E-state index contributed by atoms with van der Waals surface area (Å²) in [5.74, 6) is 1.80. The number of hydrogen-bond acceptors (Lipinski definition) is 4. The lowest BCUT2D eigenvalue weighted by molar-refractivity contribution is 0.410. The van der Waals surface area contributed by atoms with Crippen molar-refractivity contribution in [3.05, 3.63) is 54.4 Å². The average molecular weight is 268 g/mol. The normalized spacial score (nSPS) is 10.7. The van der Waals surface area contributed by atoms with Gasteiger partial charge in [0, 0.05) is 30.2 Å². The number of nitrogens with zero attached hydrogens (tertiary/aromatic N) is 2. The highest BCUT2D eigenvalue weighted by Gasteiger charge is 2.05. The van der Waals surface area contributed by atoms with Crippen LogP contribution >= 0.6 is 0 Å². The minimum Gasteiger partial charge on any atom is -0.496 e. The Morgan fingerprint density at radius 2 is 2.20 bits per heavy atom. The number of nitrogen functional groups attached to an aromatic ring is 1. The third-order valence-electron chi connectivity index (χ3n) is 3.19. The maximum Gasteiger partial charge on any atom is 0.138 e. The van der Waals surface area contributed by atoms with E-state index >= 15 is 0 Å². The van der Waals surface area contributed by atoms with Crippen LogP contribution in [-0.4, -0.2) is 16.5 Å². The Kier molecular flexibility index (Phi) is 3.16. The first-order valence-corrected chi connectivity index (χ1v) is 6.36. The van der Waals surface area contributed by atoms with Crippen molar-refractivity contribution < 1.29 is 4.74 Å². The molecule has 0 unspecified atom stereocenters. The monoisotopic (exact) mass is 268 g/mol. The van der Waals surface area contributed by atoms with E-state index in [0.29, 0.717) is 6.54 Å². The van der Waals surface area contributed by atoms with Gasteiger partial charge in [-0.05, 0) is 30.3 Å². The SMILES string of the molecule is COc1ccc(N)cc1CNc1cccc2nccn12. The van der Waals surface area contributed by atoms with Gasteiger partial charge in [0.2, 0.25) is 0 Å². The molecular weight excluding hydrogens is 252 g/mol. The van der Waals surface area contributed by atoms with Crippen molar-refractivity contribution >= 4 is 17.2 Å². The molecule has 20 heavy (non-hydrogen) atoms. The highest BCUT2D eigenvalue weighted by Crippen LogP contribution is 2.22. The summed E-state index contributed by atoms with van der Waals surface area (Å²) in [5, 5.41) is 3.38. The number of fused-ring (bicyclic) bond motifs is 1. The molecule has 0 aliphatic rings. The standard InChI is InChI=1S/C15H16N4O/c1-20-13-6-5-12(16)9-11(13)10-18-15-4-2-3-14-17-7-8-19(14)15/h2-9,18H,10,16H2,1H3. The summed E-state index contributed by atoms with van der Waals surface area (Å²) in [7, 11) is 1.66. The third kappa shape index (κ3) is 2.25. The molecule has 0 aliphatic carbocycles. The quantitative estimate of drug-likeness (QED) is 0.714. The van der Waals surface area contributed by atoms with E-state index in [4.69, 9.17) is 10.5 Å². The Balaban J connectivity index is 1.86. The maximum atomic E-state index is 5.83. The fourth-order valence-electron chi connectivity index (χ4n) is 2.21. The van der Waals surface area contributed by atoms with Gasteiger partial charge >= 0.3 is 0 Å². The molecule has 3 N–H and O–H groups in total. The van der Waals surface area contributed by atoms with Crippen LogP contribution in [0.5, 0.6) is 5.75 Å². The molecule has 102 valence electrons. The lowest BCUT2D eigenvalue weighted by Crippen LogP contribution is -2.05. The van der Waals surface area contributed by atoms with Gasteiger partial charge in [-0.2, -0.15) is 0 Å². The molecule has 0 amide bonds. The van der Waals surface area contributed by atoms with Gasteiger partial charge in [0.1, 0.15) is 17.2 Å². The highest BCUT2D eigenvalue weighted by atomic mass is 16.5. The van der Waals surface area contributed by atoms with Crippen molar-refractivity contribution in [2.75, 3.05) is 18.2 Å². The molecule has 2 heterocycles. The lowest BCUT2D eigenvalue weighted by atomic mass is 10.1. The summed E-state index contributed by atoms with van der Waals surface area (Å²) in [6.07, 6.45) is 3.70. The Labute approximate surface area is 117 Å². The Bertz CT molecular complexity index is 736. The molecule has 5 nitrogen and oxygen atoms in total. The number of pyridine rings is 1. The molecule has 3 aromatic rings. The van der Waals surface area contributed by atoms with Gasteiger partial charge in [0.25, 0.3) is 0 Å². The molecule has 2 aromatic heterocycles. The van der Waals surface area contributed by atoms with Gasteiger partial charge in [-0.15, -0.1) is 0 Å².